The minimum Gasteiger partial charge on any atom is -0.268 e. The summed E-state index contributed by atoms with van der Waals surface area (Å²) in [7, 11) is 0. The van der Waals surface area contributed by atoms with E-state index in [2.05, 4.69) is 9.97 Å². The van der Waals surface area contributed by atoms with Crippen molar-refractivity contribution in [3.63, 3.8) is 0 Å². The smallest absolute Gasteiger partial charge is 0.268 e. The summed E-state index contributed by atoms with van der Waals surface area (Å²) in [5.74, 6) is -0.742. The van der Waals surface area contributed by atoms with Crippen LogP contribution in [0.3, 0.4) is 0 Å². The predicted molar refractivity (Wildman–Crippen MR) is 95.7 cm³/mol. The molecule has 4 aromatic rings. The molecule has 0 amide bonds. The van der Waals surface area contributed by atoms with E-state index in [1.54, 1.807) is 24.3 Å². The molecular formula is C18H10ClFN4O2. The number of fused-ring (bicyclic) bond motifs is 1. The third kappa shape index (κ3) is 2.49. The maximum atomic E-state index is 14.0. The molecule has 0 radical (unpaired) electrons. The van der Waals surface area contributed by atoms with Crippen LogP contribution in [0.5, 0.6) is 0 Å². The summed E-state index contributed by atoms with van der Waals surface area (Å²) >= 11 is 5.89. The van der Waals surface area contributed by atoms with Crippen LogP contribution in [0.25, 0.3) is 22.3 Å². The van der Waals surface area contributed by atoms with Gasteiger partial charge in [0.1, 0.15) is 5.82 Å². The summed E-state index contributed by atoms with van der Waals surface area (Å²) in [6, 6.07) is 8.69. The van der Waals surface area contributed by atoms with E-state index in [0.717, 1.165) is 10.6 Å². The van der Waals surface area contributed by atoms with Crippen LogP contribution in [0.4, 0.5) is 4.39 Å². The first-order valence-corrected chi connectivity index (χ1v) is 7.93. The van der Waals surface area contributed by atoms with E-state index in [1.807, 2.05) is 0 Å². The highest BCUT2D eigenvalue weighted by Gasteiger charge is 2.18. The Labute approximate surface area is 150 Å². The van der Waals surface area contributed by atoms with Gasteiger partial charge in [0.05, 0.1) is 33.5 Å². The highest BCUT2D eigenvalue weighted by molar-refractivity contribution is 6.31. The highest BCUT2D eigenvalue weighted by Crippen LogP contribution is 2.22. The van der Waals surface area contributed by atoms with Gasteiger partial charge < -0.3 is 0 Å². The lowest BCUT2D eigenvalue weighted by Gasteiger charge is -2.14. The highest BCUT2D eigenvalue weighted by atomic mass is 35.5. The van der Waals surface area contributed by atoms with Crippen molar-refractivity contribution in [1.82, 2.24) is 19.1 Å². The van der Waals surface area contributed by atoms with Gasteiger partial charge in [0.2, 0.25) is 0 Å². The van der Waals surface area contributed by atoms with E-state index in [4.69, 9.17) is 11.6 Å². The molecular weight excluding hydrogens is 359 g/mol. The van der Waals surface area contributed by atoms with E-state index in [1.165, 1.54) is 35.4 Å². The number of benzene rings is 1. The first kappa shape index (κ1) is 16.2. The van der Waals surface area contributed by atoms with Crippen LogP contribution in [0, 0.1) is 5.82 Å². The van der Waals surface area contributed by atoms with Crippen LogP contribution < -0.4 is 11.2 Å². The molecule has 0 unspecified atom stereocenters. The Morgan fingerprint density at radius 2 is 1.69 bits per heavy atom. The maximum absolute atomic E-state index is 14.0. The summed E-state index contributed by atoms with van der Waals surface area (Å²) in [5.41, 5.74) is -0.320. The first-order valence-electron chi connectivity index (χ1n) is 7.55. The molecule has 4 rings (SSSR count). The molecule has 0 aliphatic heterocycles. The molecule has 0 saturated carbocycles. The average Bonchev–Trinajstić information content (AvgIpc) is 2.66. The Morgan fingerprint density at radius 1 is 0.923 bits per heavy atom. The monoisotopic (exact) mass is 368 g/mol. The van der Waals surface area contributed by atoms with Gasteiger partial charge in [0, 0.05) is 18.6 Å². The lowest BCUT2D eigenvalue weighted by Crippen LogP contribution is -2.38. The number of hydrogen-bond donors (Lipinski definition) is 0. The third-order valence-corrected chi connectivity index (χ3v) is 4.21. The second-order valence-electron chi connectivity index (χ2n) is 5.46. The molecule has 0 fully saturated rings. The zero-order valence-corrected chi connectivity index (χ0v) is 13.9. The topological polar surface area (TPSA) is 69.8 Å². The standard InChI is InChI=1S/C18H10ClFN4O2/c19-14-9-16-13(8-15(14)20)17(25)24(12-2-1-5-22-10-12)18(26)23(16)11-3-6-21-7-4-11/h1-10H. The molecule has 0 aliphatic rings. The normalized spacial score (nSPS) is 11.0. The summed E-state index contributed by atoms with van der Waals surface area (Å²) < 4.78 is 16.2. The predicted octanol–water partition coefficient (Wildman–Crippen LogP) is 2.72. The zero-order chi connectivity index (χ0) is 18.3. The molecule has 8 heteroatoms. The van der Waals surface area contributed by atoms with E-state index in [-0.39, 0.29) is 21.6 Å². The summed E-state index contributed by atoms with van der Waals surface area (Å²) in [6.07, 6.45) is 5.94. The van der Waals surface area contributed by atoms with Gasteiger partial charge in [0.25, 0.3) is 5.56 Å². The van der Waals surface area contributed by atoms with Crippen LogP contribution >= 0.6 is 11.6 Å². The molecule has 0 spiro atoms. The molecule has 0 N–H and O–H groups in total. The number of aromatic nitrogens is 4. The Bertz CT molecular complexity index is 1240. The first-order chi connectivity index (χ1) is 12.6. The van der Waals surface area contributed by atoms with E-state index >= 15 is 0 Å². The molecule has 0 bridgehead atoms. The van der Waals surface area contributed by atoms with Gasteiger partial charge in [-0.05, 0) is 36.4 Å². The van der Waals surface area contributed by atoms with Crippen molar-refractivity contribution in [2.45, 2.75) is 0 Å². The van der Waals surface area contributed by atoms with Gasteiger partial charge in [-0.3, -0.25) is 19.3 Å². The Hall–Kier alpha value is -3.32. The molecule has 3 aromatic heterocycles. The SMILES string of the molecule is O=c1c2cc(F)c(Cl)cc2n(-c2ccncc2)c(=O)n1-c1cccnc1. The van der Waals surface area contributed by atoms with Gasteiger partial charge in [0.15, 0.2) is 0 Å². The fraction of sp³-hybridized carbons (Fsp3) is 0. The van der Waals surface area contributed by atoms with Gasteiger partial charge in [-0.1, -0.05) is 11.6 Å². The van der Waals surface area contributed by atoms with Crippen molar-refractivity contribution in [3.05, 3.63) is 92.9 Å². The number of pyridine rings is 2. The van der Waals surface area contributed by atoms with E-state index in [0.29, 0.717) is 5.69 Å². The largest absolute Gasteiger partial charge is 0.340 e. The third-order valence-electron chi connectivity index (χ3n) is 3.92. The molecule has 6 nitrogen and oxygen atoms in total. The number of nitrogens with zero attached hydrogens (tertiary/aromatic N) is 4. The van der Waals surface area contributed by atoms with Crippen molar-refractivity contribution >= 4 is 22.5 Å². The number of hydrogen-bond acceptors (Lipinski definition) is 4. The minimum atomic E-state index is -0.742. The van der Waals surface area contributed by atoms with Crippen molar-refractivity contribution in [1.29, 1.82) is 0 Å². The quantitative estimate of drug-likeness (QED) is 0.545. The fourth-order valence-electron chi connectivity index (χ4n) is 2.76. The Morgan fingerprint density at radius 3 is 2.38 bits per heavy atom. The summed E-state index contributed by atoms with van der Waals surface area (Å²) in [4.78, 5) is 33.9. The molecule has 3 heterocycles. The molecule has 0 atom stereocenters. The van der Waals surface area contributed by atoms with Crippen LogP contribution in [0.15, 0.2) is 70.8 Å². The van der Waals surface area contributed by atoms with Crippen molar-refractivity contribution in [2.75, 3.05) is 0 Å². The van der Waals surface area contributed by atoms with Crippen LogP contribution in [-0.4, -0.2) is 19.1 Å². The van der Waals surface area contributed by atoms with Gasteiger partial charge in [-0.25, -0.2) is 13.8 Å². The van der Waals surface area contributed by atoms with Gasteiger partial charge >= 0.3 is 5.69 Å². The summed E-state index contributed by atoms with van der Waals surface area (Å²) in [5, 5.41) is -0.162. The average molecular weight is 369 g/mol. The number of halogens is 2. The fourth-order valence-corrected chi connectivity index (χ4v) is 2.92. The zero-order valence-electron chi connectivity index (χ0n) is 13.1. The molecule has 1 aromatic carbocycles. The molecule has 26 heavy (non-hydrogen) atoms. The van der Waals surface area contributed by atoms with Crippen LogP contribution in [-0.2, 0) is 0 Å². The summed E-state index contributed by atoms with van der Waals surface area (Å²) in [6.45, 7) is 0. The Kier molecular flexibility index (Phi) is 3.85. The van der Waals surface area contributed by atoms with Crippen molar-refractivity contribution in [2.24, 2.45) is 0 Å². The van der Waals surface area contributed by atoms with Crippen molar-refractivity contribution in [3.8, 4) is 11.4 Å². The minimum absolute atomic E-state index is 0.0205. The second kappa shape index (κ2) is 6.20. The Balaban J connectivity index is 2.24. The molecule has 128 valence electrons. The van der Waals surface area contributed by atoms with E-state index < -0.39 is 17.1 Å². The van der Waals surface area contributed by atoms with E-state index in [9.17, 15) is 14.0 Å². The van der Waals surface area contributed by atoms with Crippen molar-refractivity contribution < 1.29 is 4.39 Å². The second-order valence-corrected chi connectivity index (χ2v) is 5.87. The van der Waals surface area contributed by atoms with Crippen LogP contribution in [0.2, 0.25) is 5.02 Å². The van der Waals surface area contributed by atoms with Gasteiger partial charge in [-0.15, -0.1) is 0 Å². The number of rotatable bonds is 2. The lowest BCUT2D eigenvalue weighted by molar-refractivity contribution is 0.629. The van der Waals surface area contributed by atoms with Crippen LogP contribution in [0.1, 0.15) is 0 Å². The molecule has 0 aliphatic carbocycles. The molecule has 0 saturated heterocycles. The maximum Gasteiger partial charge on any atom is 0.340 e. The van der Waals surface area contributed by atoms with Gasteiger partial charge in [-0.2, -0.15) is 0 Å². The lowest BCUT2D eigenvalue weighted by atomic mass is 10.2.